The Morgan fingerprint density at radius 3 is 2.88 bits per heavy atom. The number of pyridine rings is 1. The van der Waals surface area contributed by atoms with E-state index in [2.05, 4.69) is 9.83 Å². The van der Waals surface area contributed by atoms with Gasteiger partial charge in [-0.15, -0.1) is 0 Å². The molecule has 0 bridgehead atoms. The molecule has 8 heavy (non-hydrogen) atoms. The zero-order valence-electron chi connectivity index (χ0n) is 4.26. The summed E-state index contributed by atoms with van der Waals surface area (Å²) in [6.07, 6.45) is 3.43. The van der Waals surface area contributed by atoms with Crippen LogP contribution in [0.5, 0.6) is 0 Å². The van der Waals surface area contributed by atoms with Gasteiger partial charge in [0.15, 0.2) is 12.4 Å². The molecule has 0 aliphatic carbocycles. The molecule has 0 radical (unpaired) electrons. The zero-order valence-corrected chi connectivity index (χ0v) is 4.26. The normalized spacial score (nSPS) is 7.88. The van der Waals surface area contributed by atoms with Crippen molar-refractivity contribution in [1.29, 1.82) is 0 Å². The summed E-state index contributed by atoms with van der Waals surface area (Å²) in [5, 5.41) is 0. The molecule has 1 heterocycles. The second-order valence-corrected chi connectivity index (χ2v) is 1.37. The molecule has 0 fully saturated rings. The number of hydrogen-bond acceptors (Lipinski definition) is 0. The van der Waals surface area contributed by atoms with E-state index in [0.29, 0.717) is 5.69 Å². The molecule has 0 unspecified atom stereocenters. The third kappa shape index (κ3) is 0.824. The minimum atomic E-state index is 0.646. The Labute approximate surface area is 47.6 Å². The summed E-state index contributed by atoms with van der Waals surface area (Å²) >= 11 is 0. The average molecular weight is 105 g/mol. The van der Waals surface area contributed by atoms with E-state index >= 15 is 0 Å². The summed E-state index contributed by atoms with van der Waals surface area (Å²) in [5.74, 6) is 0. The second kappa shape index (κ2) is 2.08. The van der Waals surface area contributed by atoms with Gasteiger partial charge in [0.25, 0.3) is 0 Å². The molecule has 1 N–H and O–H groups in total. The first-order valence-electron chi connectivity index (χ1n) is 2.27. The molecule has 1 rings (SSSR count). The van der Waals surface area contributed by atoms with E-state index in [1.54, 1.807) is 24.5 Å². The second-order valence-electron chi connectivity index (χ2n) is 1.37. The van der Waals surface area contributed by atoms with E-state index in [4.69, 9.17) is 6.57 Å². The van der Waals surface area contributed by atoms with Crippen molar-refractivity contribution in [2.45, 2.75) is 0 Å². The maximum absolute atomic E-state index is 6.55. The molecule has 1 aromatic heterocycles. The van der Waals surface area contributed by atoms with Crippen molar-refractivity contribution in [3.63, 3.8) is 0 Å². The van der Waals surface area contributed by atoms with Crippen LogP contribution in [0.2, 0.25) is 0 Å². The highest BCUT2D eigenvalue weighted by atomic mass is 14.7. The minimum absolute atomic E-state index is 0.646. The van der Waals surface area contributed by atoms with Gasteiger partial charge in [-0.05, 0) is 12.1 Å². The molecule has 0 aliphatic rings. The number of aromatic nitrogens is 1. The topological polar surface area (TPSA) is 18.5 Å². The lowest BCUT2D eigenvalue weighted by Crippen LogP contribution is -1.94. The van der Waals surface area contributed by atoms with E-state index in [1.807, 2.05) is 0 Å². The number of H-pyrrole nitrogens is 1. The lowest BCUT2D eigenvalue weighted by molar-refractivity contribution is -0.376. The molecule has 0 saturated heterocycles. The van der Waals surface area contributed by atoms with Crippen molar-refractivity contribution in [2.75, 3.05) is 0 Å². The van der Waals surface area contributed by atoms with Gasteiger partial charge in [0, 0.05) is 0 Å². The molecule has 38 valence electrons. The largest absolute Gasteiger partial charge is 0.248 e. The predicted octanol–water partition coefficient (Wildman–Crippen LogP) is 1.05. The fraction of sp³-hybridized carbons (Fsp3) is 0. The Balaban J connectivity index is 3.05. The van der Waals surface area contributed by atoms with E-state index in [-0.39, 0.29) is 0 Å². The maximum Gasteiger partial charge on any atom is 0.248 e. The molecule has 1 aromatic rings. The molecule has 0 aliphatic heterocycles. The van der Waals surface area contributed by atoms with Crippen LogP contribution in [0.15, 0.2) is 24.5 Å². The molecular formula is C6H5N2+. The van der Waals surface area contributed by atoms with Gasteiger partial charge in [-0.3, -0.25) is 0 Å². The smallest absolute Gasteiger partial charge is 0.232 e. The van der Waals surface area contributed by atoms with Gasteiger partial charge in [0.2, 0.25) is 5.69 Å². The fourth-order valence-corrected chi connectivity index (χ4v) is 0.453. The van der Waals surface area contributed by atoms with Crippen molar-refractivity contribution >= 4 is 5.69 Å². The first-order chi connectivity index (χ1) is 3.93. The summed E-state index contributed by atoms with van der Waals surface area (Å²) < 4.78 is 0. The van der Waals surface area contributed by atoms with Crippen molar-refractivity contribution in [2.24, 2.45) is 0 Å². The van der Waals surface area contributed by atoms with Crippen LogP contribution in [0.1, 0.15) is 0 Å². The van der Waals surface area contributed by atoms with Crippen LogP contribution in [0.4, 0.5) is 5.69 Å². The van der Waals surface area contributed by atoms with E-state index in [1.165, 1.54) is 0 Å². The van der Waals surface area contributed by atoms with Crippen LogP contribution in [0.3, 0.4) is 0 Å². The van der Waals surface area contributed by atoms with E-state index in [9.17, 15) is 0 Å². The van der Waals surface area contributed by atoms with Crippen LogP contribution >= 0.6 is 0 Å². The summed E-state index contributed by atoms with van der Waals surface area (Å²) in [6, 6.07) is 3.55. The number of nitrogens with one attached hydrogen (secondary N) is 1. The van der Waals surface area contributed by atoms with Gasteiger partial charge in [-0.25, -0.2) is 9.83 Å². The molecule has 0 aromatic carbocycles. The Kier molecular flexibility index (Phi) is 1.25. The van der Waals surface area contributed by atoms with Gasteiger partial charge in [0.1, 0.15) is 0 Å². The first-order valence-corrected chi connectivity index (χ1v) is 2.27. The predicted molar refractivity (Wildman–Crippen MR) is 29.3 cm³/mol. The van der Waals surface area contributed by atoms with E-state index in [0.717, 1.165) is 0 Å². The quantitative estimate of drug-likeness (QED) is 0.439. The number of nitrogens with zero attached hydrogens (tertiary/aromatic N) is 1. The SMILES string of the molecule is [C-]#[N+]c1ccc[nH+]c1. The van der Waals surface area contributed by atoms with Crippen LogP contribution in [-0.2, 0) is 0 Å². The monoisotopic (exact) mass is 105 g/mol. The Morgan fingerprint density at radius 1 is 1.62 bits per heavy atom. The highest BCUT2D eigenvalue weighted by Crippen LogP contribution is 2.03. The maximum atomic E-state index is 6.55. The molecule has 2 heteroatoms. The summed E-state index contributed by atoms with van der Waals surface area (Å²) in [5.41, 5.74) is 0.646. The fourth-order valence-electron chi connectivity index (χ4n) is 0.453. The third-order valence-electron chi connectivity index (χ3n) is 0.820. The van der Waals surface area contributed by atoms with Gasteiger partial charge in [-0.2, -0.15) is 0 Å². The molecule has 0 amide bonds. The summed E-state index contributed by atoms with van der Waals surface area (Å²) in [6.45, 7) is 6.55. The van der Waals surface area contributed by atoms with Crippen LogP contribution in [0, 0.1) is 6.57 Å². The van der Waals surface area contributed by atoms with Crippen molar-refractivity contribution in [3.05, 3.63) is 35.9 Å². The molecular weight excluding hydrogens is 100 g/mol. The standard InChI is InChI=1S/C6H4N2/c1-7-6-3-2-4-8-5-6/h2-5H/p+1. The number of hydrogen-bond donors (Lipinski definition) is 0. The van der Waals surface area contributed by atoms with Gasteiger partial charge in [-0.1, -0.05) is 0 Å². The summed E-state index contributed by atoms with van der Waals surface area (Å²) in [7, 11) is 0. The van der Waals surface area contributed by atoms with E-state index < -0.39 is 0 Å². The number of rotatable bonds is 0. The van der Waals surface area contributed by atoms with Crippen LogP contribution in [0.25, 0.3) is 4.85 Å². The molecule has 0 spiro atoms. The molecule has 2 nitrogen and oxygen atoms in total. The lowest BCUT2D eigenvalue weighted by Gasteiger charge is -1.74. The van der Waals surface area contributed by atoms with Gasteiger partial charge in [0.05, 0.1) is 6.57 Å². The zero-order chi connectivity index (χ0) is 5.82. The Bertz CT molecular complexity index is 198. The van der Waals surface area contributed by atoms with Crippen LogP contribution < -0.4 is 4.98 Å². The van der Waals surface area contributed by atoms with Crippen molar-refractivity contribution in [3.8, 4) is 0 Å². The van der Waals surface area contributed by atoms with Gasteiger partial charge >= 0.3 is 0 Å². The molecule has 0 saturated carbocycles. The highest BCUT2D eigenvalue weighted by molar-refractivity contribution is 5.38. The number of aromatic amines is 1. The first kappa shape index (κ1) is 4.79. The van der Waals surface area contributed by atoms with Crippen molar-refractivity contribution in [1.82, 2.24) is 0 Å². The minimum Gasteiger partial charge on any atom is -0.232 e. The summed E-state index contributed by atoms with van der Waals surface area (Å²) in [4.78, 5) is 5.99. The Hall–Kier alpha value is -1.36. The average Bonchev–Trinajstić information content (AvgIpc) is 1.90. The third-order valence-corrected chi connectivity index (χ3v) is 0.820. The Morgan fingerprint density at radius 2 is 2.50 bits per heavy atom. The van der Waals surface area contributed by atoms with Crippen molar-refractivity contribution < 1.29 is 4.98 Å². The van der Waals surface area contributed by atoms with Crippen LogP contribution in [-0.4, -0.2) is 0 Å². The van der Waals surface area contributed by atoms with Gasteiger partial charge < -0.3 is 0 Å². The molecule has 0 atom stereocenters. The highest BCUT2D eigenvalue weighted by Gasteiger charge is 1.86. The lowest BCUT2D eigenvalue weighted by atomic mass is 10.4.